The molecule has 158 valence electrons. The van der Waals surface area contributed by atoms with Crippen molar-refractivity contribution in [3.05, 3.63) is 40.7 Å². The lowest BCUT2D eigenvalue weighted by molar-refractivity contribution is -0.118. The van der Waals surface area contributed by atoms with Gasteiger partial charge >= 0.3 is 0 Å². The summed E-state index contributed by atoms with van der Waals surface area (Å²) in [6.45, 7) is 4.53. The van der Waals surface area contributed by atoms with Crippen molar-refractivity contribution in [1.29, 1.82) is 0 Å². The first-order valence-corrected chi connectivity index (χ1v) is 10.1. The second-order valence-electron chi connectivity index (χ2n) is 7.70. The fraction of sp³-hybridized carbons (Fsp3) is 0.455. The van der Waals surface area contributed by atoms with Gasteiger partial charge in [0.25, 0.3) is 0 Å². The zero-order valence-corrected chi connectivity index (χ0v) is 17.6. The minimum absolute atomic E-state index is 0.0140. The Kier molecular flexibility index (Phi) is 5.57. The van der Waals surface area contributed by atoms with Crippen molar-refractivity contribution < 1.29 is 19.1 Å². The summed E-state index contributed by atoms with van der Waals surface area (Å²) in [6, 6.07) is 5.70. The number of anilines is 1. The first kappa shape index (κ1) is 20.1. The molecule has 1 atom stereocenters. The highest BCUT2D eigenvalue weighted by molar-refractivity contribution is 5.99. The normalized spacial score (nSPS) is 18.8. The third-order valence-electron chi connectivity index (χ3n) is 5.93. The van der Waals surface area contributed by atoms with Gasteiger partial charge in [0.2, 0.25) is 12.4 Å². The minimum Gasteiger partial charge on any atom is -0.497 e. The molecule has 0 saturated carbocycles. The predicted molar refractivity (Wildman–Crippen MR) is 112 cm³/mol. The van der Waals surface area contributed by atoms with Crippen molar-refractivity contribution in [3.63, 3.8) is 0 Å². The molecule has 0 bridgehead atoms. The van der Waals surface area contributed by atoms with Gasteiger partial charge < -0.3 is 19.3 Å². The summed E-state index contributed by atoms with van der Waals surface area (Å²) in [5.74, 6) is 2.11. The van der Waals surface area contributed by atoms with Gasteiger partial charge in [-0.15, -0.1) is 0 Å². The van der Waals surface area contributed by atoms with Gasteiger partial charge in [0.15, 0.2) is 5.78 Å². The van der Waals surface area contributed by atoms with Crippen molar-refractivity contribution in [2.75, 3.05) is 45.3 Å². The highest BCUT2D eigenvalue weighted by Crippen LogP contribution is 2.39. The molecular weight excluding hydrogens is 384 g/mol. The molecule has 2 aromatic rings. The van der Waals surface area contributed by atoms with Gasteiger partial charge in [0.1, 0.15) is 11.5 Å². The molecule has 0 radical (unpaired) electrons. The van der Waals surface area contributed by atoms with Crippen LogP contribution in [-0.4, -0.2) is 67.5 Å². The van der Waals surface area contributed by atoms with Crippen molar-refractivity contribution in [1.82, 2.24) is 14.9 Å². The Morgan fingerprint density at radius 3 is 2.50 bits per heavy atom. The topological polar surface area (TPSA) is 84.9 Å². The molecule has 1 aromatic carbocycles. The fourth-order valence-corrected chi connectivity index (χ4v) is 4.30. The third-order valence-corrected chi connectivity index (χ3v) is 5.93. The van der Waals surface area contributed by atoms with E-state index in [0.29, 0.717) is 62.0 Å². The Bertz CT molecular complexity index is 970. The number of nitrogens with zero attached hydrogens (tertiary/aromatic N) is 4. The SMILES string of the molecule is COc1ccc([C@@H]2CC(=O)c3c(C)nc(N4CCN(C=O)CC4)nc3C2)c(OC)c1. The Hall–Kier alpha value is -3.16. The van der Waals surface area contributed by atoms with Crippen LogP contribution in [0, 0.1) is 6.92 Å². The zero-order valence-electron chi connectivity index (χ0n) is 17.6. The van der Waals surface area contributed by atoms with E-state index in [1.807, 2.05) is 25.1 Å². The monoisotopic (exact) mass is 410 g/mol. The van der Waals surface area contributed by atoms with Crippen LogP contribution in [0.25, 0.3) is 0 Å². The number of amides is 1. The van der Waals surface area contributed by atoms with E-state index in [-0.39, 0.29) is 11.7 Å². The highest BCUT2D eigenvalue weighted by Gasteiger charge is 2.32. The molecule has 4 rings (SSSR count). The minimum atomic E-state index is -0.0140. The molecule has 1 aliphatic carbocycles. The molecule has 1 aromatic heterocycles. The second kappa shape index (κ2) is 8.30. The van der Waals surface area contributed by atoms with E-state index in [0.717, 1.165) is 23.4 Å². The Morgan fingerprint density at radius 2 is 1.83 bits per heavy atom. The molecule has 0 unspecified atom stereocenters. The molecule has 8 heteroatoms. The average molecular weight is 410 g/mol. The number of aryl methyl sites for hydroxylation is 1. The molecule has 8 nitrogen and oxygen atoms in total. The lowest BCUT2D eigenvalue weighted by Crippen LogP contribution is -2.46. The van der Waals surface area contributed by atoms with Crippen LogP contribution in [0.2, 0.25) is 0 Å². The Morgan fingerprint density at radius 1 is 1.07 bits per heavy atom. The number of carbonyl (C=O) groups excluding carboxylic acids is 2. The highest BCUT2D eigenvalue weighted by atomic mass is 16.5. The molecule has 1 fully saturated rings. The van der Waals surface area contributed by atoms with E-state index < -0.39 is 0 Å². The number of aromatic nitrogens is 2. The number of benzene rings is 1. The summed E-state index contributed by atoms with van der Waals surface area (Å²) < 4.78 is 10.9. The molecule has 2 aliphatic rings. The van der Waals surface area contributed by atoms with Gasteiger partial charge in [-0.3, -0.25) is 9.59 Å². The number of rotatable bonds is 5. The third kappa shape index (κ3) is 3.69. The van der Waals surface area contributed by atoms with Crippen LogP contribution in [0.3, 0.4) is 0 Å². The summed E-state index contributed by atoms with van der Waals surface area (Å²) in [4.78, 5) is 37.2. The molecule has 30 heavy (non-hydrogen) atoms. The van der Waals surface area contributed by atoms with Gasteiger partial charge in [-0.2, -0.15) is 0 Å². The van der Waals surface area contributed by atoms with Crippen molar-refractivity contribution in [2.45, 2.75) is 25.7 Å². The van der Waals surface area contributed by atoms with Gasteiger partial charge in [0.05, 0.1) is 31.2 Å². The van der Waals surface area contributed by atoms with Crippen LogP contribution in [-0.2, 0) is 11.2 Å². The summed E-state index contributed by atoms with van der Waals surface area (Å²) >= 11 is 0. The largest absolute Gasteiger partial charge is 0.497 e. The lowest BCUT2D eigenvalue weighted by Gasteiger charge is -2.33. The number of Topliss-reactive ketones (excluding diaryl/α,β-unsaturated/α-hetero) is 1. The number of fused-ring (bicyclic) bond motifs is 1. The first-order chi connectivity index (χ1) is 14.5. The van der Waals surface area contributed by atoms with Crippen LogP contribution >= 0.6 is 0 Å². The Labute approximate surface area is 175 Å². The summed E-state index contributed by atoms with van der Waals surface area (Å²) in [6.07, 6.45) is 1.92. The summed E-state index contributed by atoms with van der Waals surface area (Å²) in [5, 5.41) is 0. The molecule has 0 spiro atoms. The van der Waals surface area contributed by atoms with E-state index >= 15 is 0 Å². The van der Waals surface area contributed by atoms with Crippen molar-refractivity contribution >= 4 is 18.1 Å². The maximum Gasteiger partial charge on any atom is 0.225 e. The number of ether oxygens (including phenoxy) is 2. The van der Waals surface area contributed by atoms with Gasteiger partial charge in [-0.05, 0) is 25.0 Å². The summed E-state index contributed by atoms with van der Waals surface area (Å²) in [7, 11) is 3.24. The van der Waals surface area contributed by atoms with E-state index in [1.165, 1.54) is 0 Å². The van der Waals surface area contributed by atoms with Gasteiger partial charge in [-0.25, -0.2) is 9.97 Å². The zero-order chi connectivity index (χ0) is 21.3. The number of hydrogen-bond donors (Lipinski definition) is 0. The molecule has 1 aliphatic heterocycles. The molecule has 1 amide bonds. The smallest absolute Gasteiger partial charge is 0.225 e. The van der Waals surface area contributed by atoms with E-state index in [9.17, 15) is 9.59 Å². The first-order valence-electron chi connectivity index (χ1n) is 10.1. The quantitative estimate of drug-likeness (QED) is 0.697. The van der Waals surface area contributed by atoms with Crippen LogP contribution in [0.1, 0.15) is 39.6 Å². The average Bonchev–Trinajstić information content (AvgIpc) is 2.78. The maximum absolute atomic E-state index is 13.0. The second-order valence-corrected chi connectivity index (χ2v) is 7.70. The molecule has 0 N–H and O–H groups in total. The number of ketones is 1. The van der Waals surface area contributed by atoms with Gasteiger partial charge in [0, 0.05) is 44.6 Å². The number of piperazine rings is 1. The molecular formula is C22H26N4O4. The number of carbonyl (C=O) groups is 2. The van der Waals surface area contributed by atoms with Crippen molar-refractivity contribution in [3.8, 4) is 11.5 Å². The Balaban J connectivity index is 1.64. The van der Waals surface area contributed by atoms with E-state index in [1.54, 1.807) is 19.1 Å². The number of hydrogen-bond acceptors (Lipinski definition) is 7. The van der Waals surface area contributed by atoms with E-state index in [4.69, 9.17) is 14.5 Å². The van der Waals surface area contributed by atoms with Crippen LogP contribution in [0.5, 0.6) is 11.5 Å². The summed E-state index contributed by atoms with van der Waals surface area (Å²) in [5.41, 5.74) is 3.14. The van der Waals surface area contributed by atoms with Crippen LogP contribution in [0.15, 0.2) is 18.2 Å². The predicted octanol–water partition coefficient (Wildman–Crippen LogP) is 1.99. The number of methoxy groups -OCH3 is 2. The standard InChI is InChI=1S/C22H26N4O4/c1-14-21-18(24-22(23-14)26-8-6-25(13-27)7-9-26)10-15(11-19(21)28)17-5-4-16(29-2)12-20(17)30-3/h4-5,12-13,15H,6-11H2,1-3H3/t15-/m0/s1. The molecule has 2 heterocycles. The fourth-order valence-electron chi connectivity index (χ4n) is 4.30. The van der Waals surface area contributed by atoms with Crippen LogP contribution < -0.4 is 14.4 Å². The van der Waals surface area contributed by atoms with Crippen molar-refractivity contribution in [2.24, 2.45) is 0 Å². The lowest BCUT2D eigenvalue weighted by atomic mass is 9.81. The van der Waals surface area contributed by atoms with Gasteiger partial charge in [-0.1, -0.05) is 6.07 Å². The molecule has 1 saturated heterocycles. The van der Waals surface area contributed by atoms with E-state index in [2.05, 4.69) is 9.88 Å². The maximum atomic E-state index is 13.0. The van der Waals surface area contributed by atoms with Crippen LogP contribution in [0.4, 0.5) is 5.95 Å².